The molecule has 18 heavy (non-hydrogen) atoms. The molecule has 0 spiro atoms. The Morgan fingerprint density at radius 2 is 1.89 bits per heavy atom. The molecule has 5 nitrogen and oxygen atoms in total. The average molecular weight is 249 g/mol. The van der Waals surface area contributed by atoms with Crippen molar-refractivity contribution in [1.82, 2.24) is 5.32 Å². The number of aliphatic hydroxyl groups excluding tert-OH is 1. The molecule has 2 aliphatic rings. The standard InChI is InChI=1S/C13H15NO4/c15-10-7-18-11-9(6-17-12(10)11)14-13(16)8-4-2-1-3-5-8/h1-5,9-12,15H,6-7H2,(H,14,16). The van der Waals surface area contributed by atoms with Gasteiger partial charge in [-0.3, -0.25) is 4.79 Å². The number of benzene rings is 1. The minimum absolute atomic E-state index is 0.144. The smallest absolute Gasteiger partial charge is 0.251 e. The van der Waals surface area contributed by atoms with Gasteiger partial charge in [0.15, 0.2) is 0 Å². The zero-order valence-corrected chi connectivity index (χ0v) is 9.78. The molecule has 1 aromatic carbocycles. The highest BCUT2D eigenvalue weighted by Gasteiger charge is 2.47. The topological polar surface area (TPSA) is 67.8 Å². The lowest BCUT2D eigenvalue weighted by Crippen LogP contribution is -2.44. The zero-order valence-electron chi connectivity index (χ0n) is 9.78. The van der Waals surface area contributed by atoms with Crippen LogP contribution < -0.4 is 5.32 Å². The highest BCUT2D eigenvalue weighted by atomic mass is 16.6. The third-order valence-corrected chi connectivity index (χ3v) is 3.38. The Hall–Kier alpha value is -1.43. The van der Waals surface area contributed by atoms with E-state index in [1.54, 1.807) is 12.1 Å². The number of aliphatic hydroxyl groups is 1. The monoisotopic (exact) mass is 249 g/mol. The van der Waals surface area contributed by atoms with Crippen molar-refractivity contribution in [2.45, 2.75) is 24.4 Å². The number of fused-ring (bicyclic) bond motifs is 1. The van der Waals surface area contributed by atoms with E-state index in [0.717, 1.165) is 0 Å². The summed E-state index contributed by atoms with van der Waals surface area (Å²) in [4.78, 5) is 12.0. The van der Waals surface area contributed by atoms with Crippen LogP contribution in [-0.2, 0) is 9.47 Å². The summed E-state index contributed by atoms with van der Waals surface area (Å²) in [6.07, 6.45) is -1.15. The quantitative estimate of drug-likeness (QED) is 0.770. The highest BCUT2D eigenvalue weighted by Crippen LogP contribution is 2.27. The molecule has 2 heterocycles. The van der Waals surface area contributed by atoms with E-state index in [4.69, 9.17) is 9.47 Å². The maximum atomic E-state index is 12.0. The third kappa shape index (κ3) is 2.01. The van der Waals surface area contributed by atoms with Gasteiger partial charge >= 0.3 is 0 Å². The van der Waals surface area contributed by atoms with E-state index in [1.165, 1.54) is 0 Å². The summed E-state index contributed by atoms with van der Waals surface area (Å²) in [5, 5.41) is 12.5. The number of ether oxygens (including phenoxy) is 2. The molecular weight excluding hydrogens is 234 g/mol. The molecule has 0 aliphatic carbocycles. The Morgan fingerprint density at radius 3 is 2.67 bits per heavy atom. The maximum absolute atomic E-state index is 12.0. The number of rotatable bonds is 2. The van der Waals surface area contributed by atoms with Crippen molar-refractivity contribution in [3.05, 3.63) is 35.9 Å². The number of nitrogens with one attached hydrogen (secondary N) is 1. The number of carbonyl (C=O) groups is 1. The SMILES string of the molecule is O=C(NC1COC2C(O)COC12)c1ccccc1. The van der Waals surface area contributed by atoms with Crippen LogP contribution in [0.2, 0.25) is 0 Å². The van der Waals surface area contributed by atoms with Crippen LogP contribution in [0, 0.1) is 0 Å². The van der Waals surface area contributed by atoms with Crippen LogP contribution in [0.25, 0.3) is 0 Å². The molecule has 2 saturated heterocycles. The Bertz CT molecular complexity index is 436. The van der Waals surface area contributed by atoms with Gasteiger partial charge in [-0.1, -0.05) is 18.2 Å². The van der Waals surface area contributed by atoms with Crippen LogP contribution in [0.5, 0.6) is 0 Å². The number of hydrogen-bond donors (Lipinski definition) is 2. The summed E-state index contributed by atoms with van der Waals surface area (Å²) in [6, 6.07) is 8.82. The van der Waals surface area contributed by atoms with Gasteiger partial charge in [0.2, 0.25) is 0 Å². The number of amides is 1. The summed E-state index contributed by atoms with van der Waals surface area (Å²) < 4.78 is 10.9. The van der Waals surface area contributed by atoms with Crippen LogP contribution in [0.15, 0.2) is 30.3 Å². The predicted molar refractivity (Wildman–Crippen MR) is 63.2 cm³/mol. The van der Waals surface area contributed by atoms with E-state index in [2.05, 4.69) is 5.32 Å². The average Bonchev–Trinajstić information content (AvgIpc) is 2.95. The van der Waals surface area contributed by atoms with Gasteiger partial charge in [0.25, 0.3) is 5.91 Å². The van der Waals surface area contributed by atoms with E-state index < -0.39 is 6.10 Å². The first-order chi connectivity index (χ1) is 8.75. The second-order valence-electron chi connectivity index (χ2n) is 4.61. The molecule has 1 aromatic rings. The molecule has 2 N–H and O–H groups in total. The summed E-state index contributed by atoms with van der Waals surface area (Å²) in [7, 11) is 0. The minimum atomic E-state index is -0.589. The first kappa shape index (κ1) is 11.6. The Kier molecular flexibility index (Phi) is 3.03. The lowest BCUT2D eigenvalue weighted by Gasteiger charge is -2.17. The Balaban J connectivity index is 1.66. The fourth-order valence-corrected chi connectivity index (χ4v) is 2.44. The van der Waals surface area contributed by atoms with Gasteiger partial charge in [0.05, 0.1) is 19.3 Å². The number of carbonyl (C=O) groups excluding carboxylic acids is 1. The molecule has 1 amide bonds. The van der Waals surface area contributed by atoms with Gasteiger partial charge in [-0.05, 0) is 12.1 Å². The van der Waals surface area contributed by atoms with Crippen molar-refractivity contribution in [2.24, 2.45) is 0 Å². The van der Waals surface area contributed by atoms with E-state index >= 15 is 0 Å². The van der Waals surface area contributed by atoms with E-state index in [0.29, 0.717) is 12.2 Å². The van der Waals surface area contributed by atoms with Gasteiger partial charge in [-0.2, -0.15) is 0 Å². The predicted octanol–water partition coefficient (Wildman–Crippen LogP) is -0.0565. The summed E-state index contributed by atoms with van der Waals surface area (Å²) >= 11 is 0. The van der Waals surface area contributed by atoms with Crippen molar-refractivity contribution < 1.29 is 19.4 Å². The summed E-state index contributed by atoms with van der Waals surface area (Å²) in [5.74, 6) is -0.144. The molecule has 4 unspecified atom stereocenters. The van der Waals surface area contributed by atoms with Gasteiger partial charge in [-0.15, -0.1) is 0 Å². The van der Waals surface area contributed by atoms with Gasteiger partial charge in [0, 0.05) is 5.56 Å². The second-order valence-corrected chi connectivity index (χ2v) is 4.61. The van der Waals surface area contributed by atoms with Crippen molar-refractivity contribution in [3.8, 4) is 0 Å². The molecule has 96 valence electrons. The molecule has 0 bridgehead atoms. The number of hydrogen-bond acceptors (Lipinski definition) is 4. The Morgan fingerprint density at radius 1 is 1.17 bits per heavy atom. The van der Waals surface area contributed by atoms with Crippen LogP contribution in [0.4, 0.5) is 0 Å². The normalized spacial score (nSPS) is 34.3. The minimum Gasteiger partial charge on any atom is -0.388 e. The third-order valence-electron chi connectivity index (χ3n) is 3.38. The fraction of sp³-hybridized carbons (Fsp3) is 0.462. The lowest BCUT2D eigenvalue weighted by atomic mass is 10.1. The molecule has 0 radical (unpaired) electrons. The molecule has 5 heteroatoms. The van der Waals surface area contributed by atoms with E-state index in [9.17, 15) is 9.90 Å². The lowest BCUT2D eigenvalue weighted by molar-refractivity contribution is 0.0178. The first-order valence-electron chi connectivity index (χ1n) is 6.03. The van der Waals surface area contributed by atoms with E-state index in [1.807, 2.05) is 18.2 Å². The largest absolute Gasteiger partial charge is 0.388 e. The van der Waals surface area contributed by atoms with Gasteiger partial charge in [-0.25, -0.2) is 0 Å². The van der Waals surface area contributed by atoms with Crippen LogP contribution in [0.3, 0.4) is 0 Å². The fourth-order valence-electron chi connectivity index (χ4n) is 2.44. The van der Waals surface area contributed by atoms with Crippen LogP contribution >= 0.6 is 0 Å². The Labute approximate surface area is 105 Å². The summed E-state index contributed by atoms with van der Waals surface area (Å²) in [6.45, 7) is 0.651. The molecule has 2 aliphatic heterocycles. The molecule has 2 fully saturated rings. The van der Waals surface area contributed by atoms with Crippen molar-refractivity contribution in [2.75, 3.05) is 13.2 Å². The second kappa shape index (κ2) is 4.68. The van der Waals surface area contributed by atoms with E-state index in [-0.39, 0.29) is 30.8 Å². The molecule has 3 rings (SSSR count). The zero-order chi connectivity index (χ0) is 12.5. The molecular formula is C13H15NO4. The first-order valence-corrected chi connectivity index (χ1v) is 6.03. The van der Waals surface area contributed by atoms with Crippen molar-refractivity contribution in [3.63, 3.8) is 0 Å². The highest BCUT2D eigenvalue weighted by molar-refractivity contribution is 5.94. The molecule has 4 atom stereocenters. The van der Waals surface area contributed by atoms with Gasteiger partial charge in [0.1, 0.15) is 18.3 Å². The summed E-state index contributed by atoms with van der Waals surface area (Å²) in [5.41, 5.74) is 0.611. The van der Waals surface area contributed by atoms with Crippen LogP contribution in [0.1, 0.15) is 10.4 Å². The van der Waals surface area contributed by atoms with Gasteiger partial charge < -0.3 is 19.9 Å². The van der Waals surface area contributed by atoms with Crippen LogP contribution in [-0.4, -0.2) is 48.6 Å². The van der Waals surface area contributed by atoms with Crippen molar-refractivity contribution >= 4 is 5.91 Å². The van der Waals surface area contributed by atoms with Crippen molar-refractivity contribution in [1.29, 1.82) is 0 Å². The molecule has 0 aromatic heterocycles. The molecule has 0 saturated carbocycles. The maximum Gasteiger partial charge on any atom is 0.251 e.